The molecule has 1 saturated heterocycles. The number of pyridine rings is 1. The first-order chi connectivity index (χ1) is 11.5. The van der Waals surface area contributed by atoms with Gasteiger partial charge in [-0.2, -0.15) is 0 Å². The molecule has 0 radical (unpaired) electrons. The number of thioether (sulfide) groups is 1. The number of nitro groups is 1. The van der Waals surface area contributed by atoms with E-state index in [0.717, 1.165) is 11.8 Å². The van der Waals surface area contributed by atoms with Gasteiger partial charge in [0.1, 0.15) is 16.3 Å². The van der Waals surface area contributed by atoms with Crippen LogP contribution in [0.15, 0.2) is 47.5 Å². The molecule has 0 atom stereocenters. The third-order valence-corrected chi connectivity index (χ3v) is 4.14. The topological polar surface area (TPSA) is 94.4 Å². The van der Waals surface area contributed by atoms with Crippen molar-refractivity contribution in [2.24, 2.45) is 0 Å². The molecule has 1 aromatic heterocycles. The largest absolute Gasteiger partial charge is 0.439 e. The van der Waals surface area contributed by atoms with E-state index < -0.39 is 4.92 Å². The number of nitrogens with zero attached hydrogens (tertiary/aromatic N) is 2. The van der Waals surface area contributed by atoms with E-state index in [4.69, 9.17) is 17.0 Å². The van der Waals surface area contributed by atoms with Gasteiger partial charge in [0.2, 0.25) is 5.88 Å². The molecule has 0 spiro atoms. The highest BCUT2D eigenvalue weighted by molar-refractivity contribution is 8.26. The van der Waals surface area contributed by atoms with Crippen LogP contribution in [0.1, 0.15) is 5.56 Å². The van der Waals surface area contributed by atoms with Crippen LogP contribution in [0.2, 0.25) is 0 Å². The Hall–Kier alpha value is -2.78. The zero-order valence-corrected chi connectivity index (χ0v) is 13.6. The lowest BCUT2D eigenvalue weighted by atomic mass is 10.2. The minimum absolute atomic E-state index is 0.102. The van der Waals surface area contributed by atoms with Crippen LogP contribution in [0.3, 0.4) is 0 Å². The number of benzene rings is 1. The molecule has 120 valence electrons. The number of nitrogens with one attached hydrogen (secondary N) is 1. The normalized spacial score (nSPS) is 15.4. The molecule has 1 amide bonds. The van der Waals surface area contributed by atoms with Crippen molar-refractivity contribution < 1.29 is 14.5 Å². The Morgan fingerprint density at radius 3 is 2.54 bits per heavy atom. The van der Waals surface area contributed by atoms with Gasteiger partial charge in [0.05, 0.1) is 9.83 Å². The number of hydrogen-bond donors (Lipinski definition) is 1. The number of rotatable bonds is 4. The standard InChI is InChI=1S/C15H9N3O4S2/c19-14-12(24-15(23)17-14)7-9-1-4-11(5-2-9)22-13-6-3-10(8-16-13)18(20)21/h1-8H,(H,17,19,23)/b12-7-. The Kier molecular flexibility index (Phi) is 4.54. The molecule has 1 aromatic carbocycles. The smallest absolute Gasteiger partial charge is 0.287 e. The number of hydrogen-bond acceptors (Lipinski definition) is 7. The molecule has 0 bridgehead atoms. The fourth-order valence-electron chi connectivity index (χ4n) is 1.87. The SMILES string of the molecule is O=C1NC(=S)S/C1=C\c1ccc(Oc2ccc([N+](=O)[O-])cn2)cc1. The molecule has 7 nitrogen and oxygen atoms in total. The fourth-order valence-corrected chi connectivity index (χ4v) is 2.91. The summed E-state index contributed by atoms with van der Waals surface area (Å²) in [7, 11) is 0. The Morgan fingerprint density at radius 2 is 2.00 bits per heavy atom. The molecule has 0 aliphatic carbocycles. The van der Waals surface area contributed by atoms with Gasteiger partial charge in [-0.1, -0.05) is 36.1 Å². The van der Waals surface area contributed by atoms with Crippen molar-refractivity contribution in [2.75, 3.05) is 0 Å². The molecular formula is C15H9N3O4S2. The predicted molar refractivity (Wildman–Crippen MR) is 93.7 cm³/mol. The van der Waals surface area contributed by atoms with Gasteiger partial charge in [0, 0.05) is 12.1 Å². The maximum atomic E-state index is 11.6. The van der Waals surface area contributed by atoms with Gasteiger partial charge in [0.15, 0.2) is 0 Å². The van der Waals surface area contributed by atoms with Crippen molar-refractivity contribution >= 4 is 46.0 Å². The van der Waals surface area contributed by atoms with Gasteiger partial charge in [-0.25, -0.2) is 4.98 Å². The Bertz CT molecular complexity index is 848. The summed E-state index contributed by atoms with van der Waals surface area (Å²) in [6, 6.07) is 9.73. The summed E-state index contributed by atoms with van der Waals surface area (Å²) < 4.78 is 5.96. The highest BCUT2D eigenvalue weighted by atomic mass is 32.2. The molecule has 9 heteroatoms. The van der Waals surface area contributed by atoms with Crippen molar-refractivity contribution in [1.29, 1.82) is 0 Å². The van der Waals surface area contributed by atoms with E-state index >= 15 is 0 Å². The molecule has 3 rings (SSSR count). The lowest BCUT2D eigenvalue weighted by Crippen LogP contribution is -2.17. The van der Waals surface area contributed by atoms with E-state index in [1.54, 1.807) is 30.3 Å². The first kappa shape index (κ1) is 16.1. The highest BCUT2D eigenvalue weighted by Gasteiger charge is 2.21. The van der Waals surface area contributed by atoms with Gasteiger partial charge < -0.3 is 10.1 Å². The minimum atomic E-state index is -0.526. The van der Waals surface area contributed by atoms with Crippen LogP contribution in [-0.2, 0) is 4.79 Å². The lowest BCUT2D eigenvalue weighted by Gasteiger charge is -2.04. The summed E-state index contributed by atoms with van der Waals surface area (Å²) in [4.78, 5) is 26.1. The molecule has 2 aromatic rings. The van der Waals surface area contributed by atoms with Crippen molar-refractivity contribution in [3.8, 4) is 11.6 Å². The average Bonchev–Trinajstić information content (AvgIpc) is 2.87. The van der Waals surface area contributed by atoms with Crippen molar-refractivity contribution in [1.82, 2.24) is 10.3 Å². The number of aromatic nitrogens is 1. The molecule has 0 unspecified atom stereocenters. The maximum absolute atomic E-state index is 11.6. The quantitative estimate of drug-likeness (QED) is 0.387. The fraction of sp³-hybridized carbons (Fsp3) is 0. The van der Waals surface area contributed by atoms with Crippen LogP contribution in [0.5, 0.6) is 11.6 Å². The number of ether oxygens (including phenoxy) is 1. The maximum Gasteiger partial charge on any atom is 0.287 e. The number of thiocarbonyl (C=S) groups is 1. The van der Waals surface area contributed by atoms with E-state index in [1.807, 2.05) is 0 Å². The molecule has 24 heavy (non-hydrogen) atoms. The second-order valence-electron chi connectivity index (χ2n) is 4.64. The predicted octanol–water partition coefficient (Wildman–Crippen LogP) is 3.27. The Balaban J connectivity index is 1.70. The number of carbonyl (C=O) groups excluding carboxylic acids is 1. The van der Waals surface area contributed by atoms with E-state index in [1.165, 1.54) is 23.9 Å². The highest BCUT2D eigenvalue weighted by Crippen LogP contribution is 2.27. The second-order valence-corrected chi connectivity index (χ2v) is 6.35. The molecular weight excluding hydrogens is 350 g/mol. The third-order valence-electron chi connectivity index (χ3n) is 2.97. The molecule has 2 heterocycles. The second kappa shape index (κ2) is 6.77. The van der Waals surface area contributed by atoms with Crippen molar-refractivity contribution in [3.05, 3.63) is 63.2 Å². The van der Waals surface area contributed by atoms with Crippen molar-refractivity contribution in [3.63, 3.8) is 0 Å². The summed E-state index contributed by atoms with van der Waals surface area (Å²) >= 11 is 6.14. The first-order valence-electron chi connectivity index (χ1n) is 6.64. The lowest BCUT2D eigenvalue weighted by molar-refractivity contribution is -0.385. The third kappa shape index (κ3) is 3.76. The number of carbonyl (C=O) groups is 1. The Morgan fingerprint density at radius 1 is 1.25 bits per heavy atom. The number of amides is 1. The van der Waals surface area contributed by atoms with Gasteiger partial charge in [-0.15, -0.1) is 0 Å². The zero-order chi connectivity index (χ0) is 17.1. The zero-order valence-electron chi connectivity index (χ0n) is 12.0. The summed E-state index contributed by atoms with van der Waals surface area (Å²) in [5, 5.41) is 13.1. The van der Waals surface area contributed by atoms with Crippen molar-refractivity contribution in [2.45, 2.75) is 0 Å². The van der Waals surface area contributed by atoms with Crippen LogP contribution in [0.25, 0.3) is 6.08 Å². The summed E-state index contributed by atoms with van der Waals surface area (Å²) in [5.74, 6) is 0.570. The van der Waals surface area contributed by atoms with Gasteiger partial charge in [0.25, 0.3) is 11.6 Å². The van der Waals surface area contributed by atoms with E-state index in [2.05, 4.69) is 10.3 Å². The first-order valence-corrected chi connectivity index (χ1v) is 7.87. The average molecular weight is 359 g/mol. The molecule has 0 saturated carbocycles. The molecule has 1 aliphatic heterocycles. The summed E-state index contributed by atoms with van der Waals surface area (Å²) in [6.07, 6.45) is 2.86. The molecule has 1 aliphatic rings. The Labute approximate surface area is 145 Å². The molecule has 1 fully saturated rings. The van der Waals surface area contributed by atoms with Gasteiger partial charge in [-0.3, -0.25) is 14.9 Å². The van der Waals surface area contributed by atoms with Crippen LogP contribution < -0.4 is 10.1 Å². The van der Waals surface area contributed by atoms with Crippen LogP contribution in [0, 0.1) is 10.1 Å². The summed E-state index contributed by atoms with van der Waals surface area (Å²) in [6.45, 7) is 0. The van der Waals surface area contributed by atoms with E-state index in [9.17, 15) is 14.9 Å². The van der Waals surface area contributed by atoms with Crippen LogP contribution >= 0.6 is 24.0 Å². The minimum Gasteiger partial charge on any atom is -0.439 e. The van der Waals surface area contributed by atoms with Crippen LogP contribution in [-0.4, -0.2) is 20.1 Å². The van der Waals surface area contributed by atoms with Gasteiger partial charge in [-0.05, 0) is 23.8 Å². The van der Waals surface area contributed by atoms with E-state index in [0.29, 0.717) is 15.0 Å². The van der Waals surface area contributed by atoms with Gasteiger partial charge >= 0.3 is 0 Å². The monoisotopic (exact) mass is 359 g/mol. The van der Waals surface area contributed by atoms with Crippen LogP contribution in [0.4, 0.5) is 5.69 Å². The molecule has 1 N–H and O–H groups in total. The summed E-state index contributed by atoms with van der Waals surface area (Å²) in [5.41, 5.74) is 0.718. The van der Waals surface area contributed by atoms with E-state index in [-0.39, 0.29) is 17.5 Å².